The van der Waals surface area contributed by atoms with E-state index in [1.807, 2.05) is 18.4 Å². The quantitative estimate of drug-likeness (QED) is 0.654. The molecule has 0 aromatic carbocycles. The monoisotopic (exact) mass is 371 g/mol. The minimum Gasteiger partial charge on any atom is -0.463 e. The highest BCUT2D eigenvalue weighted by Crippen LogP contribution is 2.25. The van der Waals surface area contributed by atoms with E-state index in [-0.39, 0.29) is 17.9 Å². The highest BCUT2D eigenvalue weighted by molar-refractivity contribution is 7.12. The molecule has 26 heavy (non-hydrogen) atoms. The van der Waals surface area contributed by atoms with Crippen LogP contribution in [0, 0.1) is 0 Å². The van der Waals surface area contributed by atoms with Crippen molar-refractivity contribution in [2.24, 2.45) is 0 Å². The first-order valence-electron chi connectivity index (χ1n) is 8.14. The van der Waals surface area contributed by atoms with E-state index in [1.165, 1.54) is 11.3 Å². The number of anilines is 1. The molecule has 0 aliphatic carbocycles. The lowest BCUT2D eigenvalue weighted by Gasteiger charge is -2.30. The Morgan fingerprint density at radius 3 is 3.00 bits per heavy atom. The van der Waals surface area contributed by atoms with E-state index in [1.54, 1.807) is 35.2 Å². The van der Waals surface area contributed by atoms with Crippen LogP contribution >= 0.6 is 11.3 Å². The fraction of sp³-hybridized carbons (Fsp3) is 0.235. The largest absolute Gasteiger partial charge is 0.463 e. The Kier molecular flexibility index (Phi) is 4.31. The van der Waals surface area contributed by atoms with Crippen molar-refractivity contribution in [1.82, 2.24) is 20.4 Å². The van der Waals surface area contributed by atoms with Crippen molar-refractivity contribution in [1.29, 1.82) is 0 Å². The predicted octanol–water partition coefficient (Wildman–Crippen LogP) is 2.41. The minimum atomic E-state index is -0.561. The van der Waals surface area contributed by atoms with Gasteiger partial charge in [-0.3, -0.25) is 14.9 Å². The van der Waals surface area contributed by atoms with Gasteiger partial charge in [0.2, 0.25) is 5.91 Å². The molecule has 9 heteroatoms. The smallest absolute Gasteiger partial charge is 0.266 e. The molecular weight excluding hydrogens is 354 g/mol. The maximum atomic E-state index is 12.5. The molecule has 134 valence electrons. The van der Waals surface area contributed by atoms with Gasteiger partial charge in [0, 0.05) is 18.5 Å². The molecule has 0 bridgehead atoms. The van der Waals surface area contributed by atoms with Crippen molar-refractivity contribution in [3.8, 4) is 11.5 Å². The van der Waals surface area contributed by atoms with Crippen molar-refractivity contribution >= 4 is 29.0 Å². The first-order valence-corrected chi connectivity index (χ1v) is 9.02. The summed E-state index contributed by atoms with van der Waals surface area (Å²) in [4.78, 5) is 25.0. The Labute approximate surface area is 153 Å². The second-order valence-electron chi connectivity index (χ2n) is 6.01. The molecule has 1 aliphatic rings. The standard InChI is InChI=1S/C17H17N5O3S/c1-10-8-15(23)20-17(18-10)22-14(19-16(24)13-5-3-7-26-13)9-11(21-22)12-4-2-6-25-12/h2-7,9-10,17-18H,8H2,1H3,(H,19,24)(H,20,23). The minimum absolute atomic E-state index is 0.00846. The third-order valence-corrected chi connectivity index (χ3v) is 4.84. The van der Waals surface area contributed by atoms with Crippen LogP contribution < -0.4 is 16.0 Å². The number of hydrogen-bond donors (Lipinski definition) is 3. The van der Waals surface area contributed by atoms with Crippen molar-refractivity contribution in [3.05, 3.63) is 46.9 Å². The summed E-state index contributed by atoms with van der Waals surface area (Å²) in [5.74, 6) is 0.724. The molecule has 2 amide bonds. The van der Waals surface area contributed by atoms with Gasteiger partial charge in [-0.2, -0.15) is 5.10 Å². The van der Waals surface area contributed by atoms with Crippen LogP contribution in [-0.4, -0.2) is 27.6 Å². The van der Waals surface area contributed by atoms with Crippen LogP contribution in [0.25, 0.3) is 11.5 Å². The molecule has 0 radical (unpaired) electrons. The summed E-state index contributed by atoms with van der Waals surface area (Å²) in [7, 11) is 0. The number of aromatic nitrogens is 2. The average molecular weight is 371 g/mol. The number of amides is 2. The normalized spacial score (nSPS) is 20.0. The number of carbonyl (C=O) groups excluding carboxylic acids is 2. The number of hydrogen-bond acceptors (Lipinski definition) is 6. The molecule has 2 atom stereocenters. The van der Waals surface area contributed by atoms with Gasteiger partial charge >= 0.3 is 0 Å². The fourth-order valence-electron chi connectivity index (χ4n) is 2.81. The lowest BCUT2D eigenvalue weighted by atomic mass is 10.2. The average Bonchev–Trinajstić information content (AvgIpc) is 3.35. The molecule has 3 aromatic heterocycles. The van der Waals surface area contributed by atoms with E-state index < -0.39 is 6.29 Å². The zero-order valence-corrected chi connectivity index (χ0v) is 14.7. The van der Waals surface area contributed by atoms with E-state index in [0.29, 0.717) is 28.6 Å². The topological polar surface area (TPSA) is 101 Å². The number of rotatable bonds is 4. The summed E-state index contributed by atoms with van der Waals surface area (Å²) < 4.78 is 6.95. The number of nitrogens with one attached hydrogen (secondary N) is 3. The van der Waals surface area contributed by atoms with E-state index in [4.69, 9.17) is 4.42 Å². The third kappa shape index (κ3) is 3.26. The highest BCUT2D eigenvalue weighted by atomic mass is 32.1. The Morgan fingerprint density at radius 1 is 1.42 bits per heavy atom. The Morgan fingerprint density at radius 2 is 2.31 bits per heavy atom. The highest BCUT2D eigenvalue weighted by Gasteiger charge is 2.27. The van der Waals surface area contributed by atoms with Crippen LogP contribution in [0.4, 0.5) is 5.82 Å². The van der Waals surface area contributed by atoms with Crippen molar-refractivity contribution in [2.45, 2.75) is 25.7 Å². The number of thiophene rings is 1. The van der Waals surface area contributed by atoms with Gasteiger partial charge in [0.25, 0.3) is 5.91 Å². The van der Waals surface area contributed by atoms with Crippen molar-refractivity contribution < 1.29 is 14.0 Å². The zero-order valence-electron chi connectivity index (χ0n) is 13.9. The first-order chi connectivity index (χ1) is 12.6. The Balaban J connectivity index is 1.68. The maximum Gasteiger partial charge on any atom is 0.266 e. The lowest BCUT2D eigenvalue weighted by molar-refractivity contribution is -0.125. The SMILES string of the molecule is CC1CC(=O)NC(n2nc(-c3ccco3)cc2NC(=O)c2cccs2)N1. The van der Waals surface area contributed by atoms with Gasteiger partial charge in [-0.25, -0.2) is 4.68 Å². The third-order valence-electron chi connectivity index (χ3n) is 3.97. The summed E-state index contributed by atoms with van der Waals surface area (Å²) in [6.45, 7) is 1.92. The van der Waals surface area contributed by atoms with E-state index in [0.717, 1.165) is 0 Å². The molecule has 4 rings (SSSR count). The van der Waals surface area contributed by atoms with Crippen LogP contribution in [-0.2, 0) is 4.79 Å². The van der Waals surface area contributed by atoms with Gasteiger partial charge in [0.05, 0.1) is 11.1 Å². The molecule has 0 spiro atoms. The molecule has 3 aromatic rings. The molecule has 2 unspecified atom stereocenters. The second-order valence-corrected chi connectivity index (χ2v) is 6.96. The van der Waals surface area contributed by atoms with Gasteiger partial charge in [0.15, 0.2) is 12.0 Å². The van der Waals surface area contributed by atoms with E-state index in [9.17, 15) is 9.59 Å². The van der Waals surface area contributed by atoms with Gasteiger partial charge in [0.1, 0.15) is 11.5 Å². The molecule has 3 N–H and O–H groups in total. The van der Waals surface area contributed by atoms with Crippen molar-refractivity contribution in [2.75, 3.05) is 5.32 Å². The van der Waals surface area contributed by atoms with Crippen LogP contribution in [0.2, 0.25) is 0 Å². The summed E-state index contributed by atoms with van der Waals surface area (Å²) in [5.41, 5.74) is 0.561. The molecule has 4 heterocycles. The van der Waals surface area contributed by atoms with Crippen LogP contribution in [0.15, 0.2) is 46.4 Å². The fourth-order valence-corrected chi connectivity index (χ4v) is 3.43. The molecule has 1 saturated heterocycles. The number of nitrogens with zero attached hydrogens (tertiary/aromatic N) is 2. The molecule has 1 fully saturated rings. The number of furan rings is 1. The Hall–Kier alpha value is -2.91. The number of carbonyl (C=O) groups is 2. The predicted molar refractivity (Wildman–Crippen MR) is 96.6 cm³/mol. The summed E-state index contributed by atoms with van der Waals surface area (Å²) in [6, 6.07) is 8.82. The summed E-state index contributed by atoms with van der Waals surface area (Å²) in [5, 5.41) is 15.3. The van der Waals surface area contributed by atoms with Crippen LogP contribution in [0.5, 0.6) is 0 Å². The maximum absolute atomic E-state index is 12.5. The van der Waals surface area contributed by atoms with E-state index >= 15 is 0 Å². The van der Waals surface area contributed by atoms with Crippen molar-refractivity contribution in [3.63, 3.8) is 0 Å². The van der Waals surface area contributed by atoms with Crippen LogP contribution in [0.1, 0.15) is 29.3 Å². The lowest BCUT2D eigenvalue weighted by Crippen LogP contribution is -2.52. The molecule has 1 aliphatic heterocycles. The van der Waals surface area contributed by atoms with E-state index in [2.05, 4.69) is 21.0 Å². The van der Waals surface area contributed by atoms with Gasteiger partial charge in [-0.15, -0.1) is 11.3 Å². The second kappa shape index (κ2) is 6.77. The van der Waals surface area contributed by atoms with Gasteiger partial charge in [-0.1, -0.05) is 6.07 Å². The van der Waals surface area contributed by atoms with Crippen LogP contribution in [0.3, 0.4) is 0 Å². The zero-order chi connectivity index (χ0) is 18.1. The summed E-state index contributed by atoms with van der Waals surface area (Å²) in [6.07, 6.45) is 1.38. The summed E-state index contributed by atoms with van der Waals surface area (Å²) >= 11 is 1.35. The molecular formula is C17H17N5O3S. The Bertz CT molecular complexity index is 917. The first kappa shape index (κ1) is 16.6. The van der Waals surface area contributed by atoms with Gasteiger partial charge < -0.3 is 15.1 Å². The molecule has 0 saturated carbocycles. The molecule has 8 nitrogen and oxygen atoms in total. The van der Waals surface area contributed by atoms with Gasteiger partial charge in [-0.05, 0) is 30.5 Å².